The second-order valence-corrected chi connectivity index (χ2v) is 15.6. The average Bonchev–Trinajstić information content (AvgIpc) is 3.06. The average molecular weight is 658 g/mol. The molecule has 1 fully saturated rings. The van der Waals surface area contributed by atoms with Crippen LogP contribution >= 0.6 is 0 Å². The van der Waals surface area contributed by atoms with Gasteiger partial charge >= 0.3 is 5.97 Å². The summed E-state index contributed by atoms with van der Waals surface area (Å²) >= 11 is 0. The van der Waals surface area contributed by atoms with E-state index in [1.54, 1.807) is 0 Å². The molecule has 0 bridgehead atoms. The summed E-state index contributed by atoms with van der Waals surface area (Å²) in [5.41, 5.74) is 9.32. The van der Waals surface area contributed by atoms with Crippen molar-refractivity contribution in [3.8, 4) is 11.1 Å². The highest BCUT2D eigenvalue weighted by Gasteiger charge is 2.36. The van der Waals surface area contributed by atoms with Gasteiger partial charge in [0.25, 0.3) is 0 Å². The first-order chi connectivity index (χ1) is 23.3. The van der Waals surface area contributed by atoms with Crippen molar-refractivity contribution in [1.82, 2.24) is 15.0 Å². The number of hydrogen-bond donors (Lipinski definition) is 1. The molecule has 0 unspecified atom stereocenters. The maximum atomic E-state index is 12.9. The predicted molar refractivity (Wildman–Crippen MR) is 197 cm³/mol. The van der Waals surface area contributed by atoms with Gasteiger partial charge in [0, 0.05) is 65.7 Å². The van der Waals surface area contributed by atoms with E-state index in [1.807, 2.05) is 40.0 Å². The maximum absolute atomic E-state index is 12.9. The Morgan fingerprint density at radius 1 is 0.878 bits per heavy atom. The fraction of sp³-hybridized carbons (Fsp3) is 0.415. The van der Waals surface area contributed by atoms with Gasteiger partial charge in [0.1, 0.15) is 5.82 Å². The SMILES string of the molecule is Cc1nc(C)c([C@H](OC(C)(C)C)C(=O)O)c(N2CCC(C)(C)CC2)c1-c1ccc2c(c1)CCN(c1ccc3ccc4cccnc4c3n1)C2. The van der Waals surface area contributed by atoms with Crippen molar-refractivity contribution < 1.29 is 14.6 Å². The fourth-order valence-electron chi connectivity index (χ4n) is 7.55. The summed E-state index contributed by atoms with van der Waals surface area (Å²) in [5.74, 6) is -0.0395. The molecular formula is C41H47N5O3. The van der Waals surface area contributed by atoms with Crippen molar-refractivity contribution in [2.45, 2.75) is 86.0 Å². The summed E-state index contributed by atoms with van der Waals surface area (Å²) in [6.07, 6.45) is 3.62. The molecule has 0 amide bonds. The third kappa shape index (κ3) is 6.46. The lowest BCUT2D eigenvalue weighted by atomic mass is 9.81. The summed E-state index contributed by atoms with van der Waals surface area (Å²) in [7, 11) is 0. The van der Waals surface area contributed by atoms with Crippen molar-refractivity contribution >= 4 is 39.3 Å². The summed E-state index contributed by atoms with van der Waals surface area (Å²) in [4.78, 5) is 32.4. The second-order valence-electron chi connectivity index (χ2n) is 15.6. The lowest BCUT2D eigenvalue weighted by molar-refractivity contribution is -0.160. The van der Waals surface area contributed by atoms with Crippen LogP contribution < -0.4 is 9.80 Å². The Labute approximate surface area is 289 Å². The molecule has 1 atom stereocenters. The molecule has 2 aromatic carbocycles. The molecule has 8 nitrogen and oxygen atoms in total. The number of aromatic nitrogens is 3. The van der Waals surface area contributed by atoms with E-state index in [1.165, 1.54) is 11.1 Å². The van der Waals surface area contributed by atoms with Crippen molar-refractivity contribution in [3.05, 3.63) is 88.9 Å². The number of piperidine rings is 1. The lowest BCUT2D eigenvalue weighted by Crippen LogP contribution is -2.39. The van der Waals surface area contributed by atoms with Gasteiger partial charge in [0.05, 0.1) is 22.3 Å². The highest BCUT2D eigenvalue weighted by molar-refractivity contribution is 6.03. The second kappa shape index (κ2) is 12.4. The third-order valence-electron chi connectivity index (χ3n) is 10.2. The van der Waals surface area contributed by atoms with Gasteiger partial charge in [0.2, 0.25) is 0 Å². The molecule has 1 N–H and O–H groups in total. The molecule has 8 heteroatoms. The van der Waals surface area contributed by atoms with Crippen molar-refractivity contribution in [2.75, 3.05) is 29.4 Å². The number of carboxylic acids is 1. The number of carbonyl (C=O) groups is 1. The van der Waals surface area contributed by atoms with Gasteiger partial charge < -0.3 is 19.6 Å². The number of rotatable bonds is 6. The zero-order valence-electron chi connectivity index (χ0n) is 29.8. The highest BCUT2D eigenvalue weighted by Crippen LogP contribution is 2.45. The van der Waals surface area contributed by atoms with Crippen LogP contribution in [-0.4, -0.2) is 51.3 Å². The van der Waals surface area contributed by atoms with Crippen LogP contribution in [-0.2, 0) is 22.5 Å². The molecule has 1 saturated heterocycles. The van der Waals surface area contributed by atoms with Gasteiger partial charge in [-0.05, 0) is 94.2 Å². The standard InChI is InChI=1S/C41H47N5O3/c1-25-33(37(45-21-17-41(6,7)18-22-45)34(26(2)43-25)38(39(47)48)49-40(3,4)5)30-12-13-31-24-46(20-16-29(31)23-30)32-15-14-28-11-10-27-9-8-19-42-35(27)36(28)44-32/h8-15,19,23,38H,16-18,20-22,24H2,1-7H3,(H,47,48)/t38-/m0/s1. The quantitative estimate of drug-likeness (QED) is 0.182. The molecule has 0 saturated carbocycles. The van der Waals surface area contributed by atoms with E-state index in [0.717, 1.165) is 95.6 Å². The van der Waals surface area contributed by atoms with Gasteiger partial charge in [-0.25, -0.2) is 9.78 Å². The minimum Gasteiger partial charge on any atom is -0.479 e. The van der Waals surface area contributed by atoms with Gasteiger partial charge in [0.15, 0.2) is 6.10 Å². The number of benzene rings is 2. The normalized spacial score (nSPS) is 17.0. The molecule has 49 heavy (non-hydrogen) atoms. The number of aliphatic carboxylic acids is 1. The van der Waals surface area contributed by atoms with Crippen molar-refractivity contribution in [2.24, 2.45) is 5.41 Å². The summed E-state index contributed by atoms with van der Waals surface area (Å²) in [6, 6.07) is 19.2. The molecule has 2 aliphatic rings. The van der Waals surface area contributed by atoms with E-state index in [4.69, 9.17) is 14.7 Å². The summed E-state index contributed by atoms with van der Waals surface area (Å²) in [6.45, 7) is 17.6. The van der Waals surface area contributed by atoms with E-state index in [0.29, 0.717) is 11.3 Å². The molecule has 7 rings (SSSR count). The number of ether oxygens (including phenoxy) is 1. The van der Waals surface area contributed by atoms with Gasteiger partial charge in [-0.2, -0.15) is 0 Å². The Hall–Kier alpha value is -4.56. The first kappa shape index (κ1) is 33.0. The Morgan fingerprint density at radius 3 is 2.31 bits per heavy atom. The summed E-state index contributed by atoms with van der Waals surface area (Å²) < 4.78 is 6.28. The number of fused-ring (bicyclic) bond motifs is 4. The van der Waals surface area contributed by atoms with E-state index in [9.17, 15) is 9.90 Å². The first-order valence-electron chi connectivity index (χ1n) is 17.5. The van der Waals surface area contributed by atoms with Crippen LogP contribution in [0.15, 0.2) is 60.8 Å². The molecule has 254 valence electrons. The molecule has 3 aromatic heterocycles. The molecule has 5 heterocycles. The number of carboxylic acid groups (broad SMARTS) is 1. The van der Waals surface area contributed by atoms with Crippen LogP contribution in [0.4, 0.5) is 11.5 Å². The minimum absolute atomic E-state index is 0.239. The Kier molecular flexibility index (Phi) is 8.34. The van der Waals surface area contributed by atoms with Crippen LogP contribution in [0.2, 0.25) is 0 Å². The number of aryl methyl sites for hydroxylation is 2. The smallest absolute Gasteiger partial charge is 0.337 e. The summed E-state index contributed by atoms with van der Waals surface area (Å²) in [5, 5.41) is 12.7. The Bertz CT molecular complexity index is 2070. The number of hydrogen-bond acceptors (Lipinski definition) is 7. The van der Waals surface area contributed by atoms with E-state index in [2.05, 4.69) is 84.1 Å². The monoisotopic (exact) mass is 657 g/mol. The molecule has 0 spiro atoms. The van der Waals surface area contributed by atoms with E-state index in [-0.39, 0.29) is 5.41 Å². The van der Waals surface area contributed by atoms with Crippen LogP contribution in [0.25, 0.3) is 32.9 Å². The van der Waals surface area contributed by atoms with Crippen LogP contribution in [0.1, 0.15) is 81.6 Å². The van der Waals surface area contributed by atoms with Gasteiger partial charge in [-0.15, -0.1) is 0 Å². The number of pyridine rings is 3. The number of nitrogens with zero attached hydrogens (tertiary/aromatic N) is 5. The minimum atomic E-state index is -1.13. The lowest BCUT2D eigenvalue weighted by Gasteiger charge is -2.41. The van der Waals surface area contributed by atoms with Gasteiger partial charge in [-0.3, -0.25) is 9.97 Å². The van der Waals surface area contributed by atoms with Crippen LogP contribution in [0.5, 0.6) is 0 Å². The highest BCUT2D eigenvalue weighted by atomic mass is 16.5. The maximum Gasteiger partial charge on any atom is 0.337 e. The largest absolute Gasteiger partial charge is 0.479 e. The third-order valence-corrected chi connectivity index (χ3v) is 10.2. The van der Waals surface area contributed by atoms with Gasteiger partial charge in [-0.1, -0.05) is 50.2 Å². The molecule has 0 aliphatic carbocycles. The van der Waals surface area contributed by atoms with Crippen LogP contribution in [0, 0.1) is 19.3 Å². The van der Waals surface area contributed by atoms with E-state index < -0.39 is 17.7 Å². The Morgan fingerprint density at radius 2 is 1.59 bits per heavy atom. The topological polar surface area (TPSA) is 91.7 Å². The van der Waals surface area contributed by atoms with E-state index >= 15 is 0 Å². The van der Waals surface area contributed by atoms with Crippen molar-refractivity contribution in [1.29, 1.82) is 0 Å². The molecule has 0 radical (unpaired) electrons. The van der Waals surface area contributed by atoms with Crippen LogP contribution in [0.3, 0.4) is 0 Å². The molecular weight excluding hydrogens is 610 g/mol. The van der Waals surface area contributed by atoms with Crippen molar-refractivity contribution in [3.63, 3.8) is 0 Å². The zero-order chi connectivity index (χ0) is 34.7. The fourth-order valence-corrected chi connectivity index (χ4v) is 7.55. The Balaban J connectivity index is 1.28. The predicted octanol–water partition coefficient (Wildman–Crippen LogP) is 8.59. The first-order valence-corrected chi connectivity index (χ1v) is 17.5. The molecule has 5 aromatic rings. The zero-order valence-corrected chi connectivity index (χ0v) is 29.8. The molecule has 2 aliphatic heterocycles. The number of anilines is 2.